The molecule has 3 rings (SSSR count). The molecule has 7 nitrogen and oxygen atoms in total. The molecule has 1 saturated heterocycles. The minimum absolute atomic E-state index is 0.103. The lowest BCUT2D eigenvalue weighted by molar-refractivity contribution is -0.129. The summed E-state index contributed by atoms with van der Waals surface area (Å²) in [5, 5.41) is 4.00. The van der Waals surface area contributed by atoms with Crippen LogP contribution < -0.4 is 4.74 Å². The molecule has 7 heteroatoms. The van der Waals surface area contributed by atoms with Crippen LogP contribution in [0.25, 0.3) is 0 Å². The largest absolute Gasteiger partial charge is 0.497 e. The summed E-state index contributed by atoms with van der Waals surface area (Å²) in [7, 11) is 3.20. The summed E-state index contributed by atoms with van der Waals surface area (Å²) in [4.78, 5) is 18.7. The zero-order valence-corrected chi connectivity index (χ0v) is 13.9. The highest BCUT2D eigenvalue weighted by Crippen LogP contribution is 2.26. The first-order valence-electron chi connectivity index (χ1n) is 7.91. The molecule has 1 aromatic heterocycles. The molecule has 128 valence electrons. The standard InChI is InChI=1S/C17H21N3O4/c1-22-11-15-18-17(19-24-15)13-6-7-20(10-13)16(21)9-12-4-3-5-14(8-12)23-2/h3-5,8,13H,6-7,9-11H2,1-2H3. The molecule has 2 aromatic rings. The van der Waals surface area contributed by atoms with Crippen LogP contribution in [0.4, 0.5) is 0 Å². The van der Waals surface area contributed by atoms with Crippen LogP contribution in [0.3, 0.4) is 0 Å². The number of hydrogen-bond donors (Lipinski definition) is 0. The van der Waals surface area contributed by atoms with Gasteiger partial charge in [0.25, 0.3) is 5.89 Å². The number of methoxy groups -OCH3 is 2. The van der Waals surface area contributed by atoms with Crippen LogP contribution in [0.5, 0.6) is 5.75 Å². The van der Waals surface area contributed by atoms with Gasteiger partial charge in [0.15, 0.2) is 5.82 Å². The maximum atomic E-state index is 12.5. The third-order valence-corrected chi connectivity index (χ3v) is 4.15. The highest BCUT2D eigenvalue weighted by atomic mass is 16.5. The van der Waals surface area contributed by atoms with E-state index in [0.29, 0.717) is 37.8 Å². The average Bonchev–Trinajstić information content (AvgIpc) is 3.24. The smallest absolute Gasteiger partial charge is 0.252 e. The van der Waals surface area contributed by atoms with Gasteiger partial charge in [0.1, 0.15) is 12.4 Å². The van der Waals surface area contributed by atoms with Gasteiger partial charge >= 0.3 is 0 Å². The van der Waals surface area contributed by atoms with E-state index in [2.05, 4.69) is 10.1 Å². The summed E-state index contributed by atoms with van der Waals surface area (Å²) in [6.07, 6.45) is 1.21. The topological polar surface area (TPSA) is 77.7 Å². The molecule has 1 unspecified atom stereocenters. The Morgan fingerprint density at radius 2 is 2.29 bits per heavy atom. The minimum Gasteiger partial charge on any atom is -0.497 e. The first kappa shape index (κ1) is 16.4. The van der Waals surface area contributed by atoms with Crippen molar-refractivity contribution in [2.24, 2.45) is 0 Å². The lowest BCUT2D eigenvalue weighted by atomic mass is 10.1. The lowest BCUT2D eigenvalue weighted by Crippen LogP contribution is -2.30. The SMILES string of the molecule is COCc1nc(C2CCN(C(=O)Cc3cccc(OC)c3)C2)no1. The molecule has 2 heterocycles. The van der Waals surface area contributed by atoms with E-state index in [1.165, 1.54) is 0 Å². The predicted octanol–water partition coefficient (Wildman–Crippen LogP) is 1.78. The van der Waals surface area contributed by atoms with Crippen LogP contribution in [0.15, 0.2) is 28.8 Å². The number of hydrogen-bond acceptors (Lipinski definition) is 6. The molecule has 0 aliphatic carbocycles. The second-order valence-corrected chi connectivity index (χ2v) is 5.83. The number of amides is 1. The van der Waals surface area contributed by atoms with Crippen molar-refractivity contribution in [3.8, 4) is 5.75 Å². The van der Waals surface area contributed by atoms with E-state index >= 15 is 0 Å². The first-order chi connectivity index (χ1) is 11.7. The molecule has 1 aliphatic rings. The van der Waals surface area contributed by atoms with Crippen molar-refractivity contribution < 1.29 is 18.8 Å². The average molecular weight is 331 g/mol. The molecular weight excluding hydrogens is 310 g/mol. The number of nitrogens with zero attached hydrogens (tertiary/aromatic N) is 3. The van der Waals surface area contributed by atoms with Crippen molar-refractivity contribution in [1.29, 1.82) is 0 Å². The Kier molecular flexibility index (Phi) is 5.10. The van der Waals surface area contributed by atoms with E-state index in [-0.39, 0.29) is 11.8 Å². The van der Waals surface area contributed by atoms with Crippen LogP contribution in [0.2, 0.25) is 0 Å². The molecule has 1 atom stereocenters. The van der Waals surface area contributed by atoms with Gasteiger partial charge in [0.2, 0.25) is 5.91 Å². The summed E-state index contributed by atoms with van der Waals surface area (Å²) in [6, 6.07) is 7.59. The molecule has 0 N–H and O–H groups in total. The van der Waals surface area contributed by atoms with Gasteiger partial charge in [0, 0.05) is 26.1 Å². The number of benzene rings is 1. The Morgan fingerprint density at radius 1 is 1.42 bits per heavy atom. The molecule has 24 heavy (non-hydrogen) atoms. The van der Waals surface area contributed by atoms with Gasteiger partial charge in [-0.05, 0) is 24.1 Å². The van der Waals surface area contributed by atoms with Gasteiger partial charge in [0.05, 0.1) is 13.5 Å². The second-order valence-electron chi connectivity index (χ2n) is 5.83. The molecule has 1 amide bonds. The van der Waals surface area contributed by atoms with Gasteiger partial charge in [-0.2, -0.15) is 4.98 Å². The van der Waals surface area contributed by atoms with Crippen LogP contribution >= 0.6 is 0 Å². The lowest BCUT2D eigenvalue weighted by Gasteiger charge is -2.16. The fourth-order valence-corrected chi connectivity index (χ4v) is 2.88. The molecule has 1 aliphatic heterocycles. The van der Waals surface area contributed by atoms with Gasteiger partial charge < -0.3 is 18.9 Å². The molecular formula is C17H21N3O4. The van der Waals surface area contributed by atoms with E-state index in [0.717, 1.165) is 17.7 Å². The Hall–Kier alpha value is -2.41. The zero-order chi connectivity index (χ0) is 16.9. The summed E-state index contributed by atoms with van der Waals surface area (Å²) < 4.78 is 15.3. The number of carbonyl (C=O) groups excluding carboxylic acids is 1. The second kappa shape index (κ2) is 7.44. The summed E-state index contributed by atoms with van der Waals surface area (Å²) in [5.74, 6) is 2.10. The molecule has 0 bridgehead atoms. The zero-order valence-electron chi connectivity index (χ0n) is 13.9. The normalized spacial score (nSPS) is 17.2. The predicted molar refractivity (Wildman–Crippen MR) is 85.6 cm³/mol. The third-order valence-electron chi connectivity index (χ3n) is 4.15. The molecule has 1 fully saturated rings. The molecule has 0 radical (unpaired) electrons. The maximum Gasteiger partial charge on any atom is 0.252 e. The Balaban J connectivity index is 1.58. The summed E-state index contributed by atoms with van der Waals surface area (Å²) >= 11 is 0. The van der Waals surface area contributed by atoms with Crippen molar-refractivity contribution in [3.63, 3.8) is 0 Å². The van der Waals surface area contributed by atoms with Crippen molar-refractivity contribution in [2.45, 2.75) is 25.4 Å². The molecule has 0 saturated carbocycles. The fourth-order valence-electron chi connectivity index (χ4n) is 2.88. The van der Waals surface area contributed by atoms with Crippen molar-refractivity contribution in [1.82, 2.24) is 15.0 Å². The van der Waals surface area contributed by atoms with Crippen molar-refractivity contribution >= 4 is 5.91 Å². The Bertz CT molecular complexity index is 701. The quantitative estimate of drug-likeness (QED) is 0.803. The Labute approximate surface area is 140 Å². The molecule has 0 spiro atoms. The van der Waals surface area contributed by atoms with Crippen LogP contribution in [-0.4, -0.2) is 48.3 Å². The molecule has 1 aromatic carbocycles. The highest BCUT2D eigenvalue weighted by Gasteiger charge is 2.30. The van der Waals surface area contributed by atoms with Crippen LogP contribution in [-0.2, 0) is 22.6 Å². The van der Waals surface area contributed by atoms with Crippen molar-refractivity contribution in [2.75, 3.05) is 27.3 Å². The summed E-state index contributed by atoms with van der Waals surface area (Å²) in [6.45, 7) is 1.63. The maximum absolute atomic E-state index is 12.5. The van der Waals surface area contributed by atoms with Gasteiger partial charge in [-0.25, -0.2) is 0 Å². The fraction of sp³-hybridized carbons (Fsp3) is 0.471. The number of rotatable bonds is 6. The van der Waals surface area contributed by atoms with Crippen LogP contribution in [0, 0.1) is 0 Å². The van der Waals surface area contributed by atoms with Gasteiger partial charge in [-0.3, -0.25) is 4.79 Å². The number of carbonyl (C=O) groups is 1. The first-order valence-corrected chi connectivity index (χ1v) is 7.91. The van der Waals surface area contributed by atoms with Crippen LogP contribution in [0.1, 0.15) is 29.6 Å². The van der Waals surface area contributed by atoms with E-state index in [4.69, 9.17) is 14.0 Å². The number of aromatic nitrogens is 2. The highest BCUT2D eigenvalue weighted by molar-refractivity contribution is 5.79. The number of likely N-dealkylation sites (tertiary alicyclic amines) is 1. The Morgan fingerprint density at radius 3 is 3.08 bits per heavy atom. The van der Waals surface area contributed by atoms with Crippen molar-refractivity contribution in [3.05, 3.63) is 41.5 Å². The van der Waals surface area contributed by atoms with Gasteiger partial charge in [-0.1, -0.05) is 17.3 Å². The summed E-state index contributed by atoms with van der Waals surface area (Å²) in [5.41, 5.74) is 0.949. The van der Waals surface area contributed by atoms with E-state index in [9.17, 15) is 4.79 Å². The van der Waals surface area contributed by atoms with E-state index in [1.54, 1.807) is 14.2 Å². The number of ether oxygens (including phenoxy) is 2. The third kappa shape index (κ3) is 3.73. The monoisotopic (exact) mass is 331 g/mol. The van der Waals surface area contributed by atoms with Gasteiger partial charge in [-0.15, -0.1) is 0 Å². The van der Waals surface area contributed by atoms with E-state index in [1.807, 2.05) is 29.2 Å². The minimum atomic E-state index is 0.103. The van der Waals surface area contributed by atoms with E-state index < -0.39 is 0 Å².